The van der Waals surface area contributed by atoms with E-state index in [-0.39, 0.29) is 11.4 Å². The van der Waals surface area contributed by atoms with Gasteiger partial charge in [0.25, 0.3) is 0 Å². The predicted octanol–water partition coefficient (Wildman–Crippen LogP) is 3.99. The van der Waals surface area contributed by atoms with Crippen LogP contribution in [0.4, 0.5) is 5.69 Å². The third-order valence-electron chi connectivity index (χ3n) is 4.54. The van der Waals surface area contributed by atoms with Crippen molar-refractivity contribution in [3.63, 3.8) is 0 Å². The van der Waals surface area contributed by atoms with Crippen LogP contribution in [0.15, 0.2) is 66.7 Å². The molecule has 0 aliphatic carbocycles. The molecule has 0 saturated carbocycles. The number of nitrogens with zero attached hydrogens (tertiary/aromatic N) is 1. The second kappa shape index (κ2) is 6.44. The lowest BCUT2D eigenvalue weighted by Gasteiger charge is -2.15. The number of benzene rings is 2. The Morgan fingerprint density at radius 3 is 2.46 bits per heavy atom. The number of hydrogen-bond donors (Lipinski definition) is 0. The van der Waals surface area contributed by atoms with Crippen molar-refractivity contribution in [3.05, 3.63) is 77.9 Å². The average Bonchev–Trinajstić information content (AvgIpc) is 2.79. The number of rotatable bonds is 4. The Balaban J connectivity index is 1.73. The van der Waals surface area contributed by atoms with Crippen molar-refractivity contribution < 1.29 is 14.1 Å². The van der Waals surface area contributed by atoms with Crippen molar-refractivity contribution in [2.75, 3.05) is 7.05 Å². The zero-order valence-electron chi connectivity index (χ0n) is 14.3. The number of carbonyl (C=O) groups excluding carboxylic acids is 1. The van der Waals surface area contributed by atoms with Crippen LogP contribution in [0.25, 0.3) is 0 Å². The van der Waals surface area contributed by atoms with Gasteiger partial charge in [-0.2, -0.15) is 4.58 Å². The summed E-state index contributed by atoms with van der Waals surface area (Å²) in [5.41, 5.74) is 4.38. The Morgan fingerprint density at radius 2 is 1.75 bits per heavy atom. The van der Waals surface area contributed by atoms with E-state index in [2.05, 4.69) is 36.6 Å². The van der Waals surface area contributed by atoms with E-state index < -0.39 is 0 Å². The fourth-order valence-electron chi connectivity index (χ4n) is 3.23. The van der Waals surface area contributed by atoms with Gasteiger partial charge in [-0.05, 0) is 19.4 Å². The van der Waals surface area contributed by atoms with E-state index in [0.717, 1.165) is 11.3 Å². The first-order valence-corrected chi connectivity index (χ1v) is 8.09. The van der Waals surface area contributed by atoms with Gasteiger partial charge in [-0.25, -0.2) is 4.79 Å². The lowest BCUT2D eigenvalue weighted by Crippen LogP contribution is -2.26. The third kappa shape index (κ3) is 3.02. The molecule has 3 nitrogen and oxygen atoms in total. The van der Waals surface area contributed by atoms with E-state index in [4.69, 9.17) is 4.74 Å². The Labute approximate surface area is 142 Å². The van der Waals surface area contributed by atoms with Gasteiger partial charge in [0.1, 0.15) is 13.7 Å². The van der Waals surface area contributed by atoms with Gasteiger partial charge >= 0.3 is 5.97 Å². The Hall–Kier alpha value is -2.68. The fourth-order valence-corrected chi connectivity index (χ4v) is 3.23. The van der Waals surface area contributed by atoms with Crippen LogP contribution < -0.4 is 0 Å². The molecule has 0 bridgehead atoms. The molecule has 0 spiro atoms. The molecule has 1 heterocycles. The Kier molecular flexibility index (Phi) is 4.34. The molecule has 0 atom stereocenters. The first-order valence-electron chi connectivity index (χ1n) is 8.09. The molecule has 3 heteroatoms. The van der Waals surface area contributed by atoms with Crippen LogP contribution in [-0.2, 0) is 21.6 Å². The highest BCUT2D eigenvalue weighted by molar-refractivity contribution is 6.05. The molecule has 0 saturated heterocycles. The average molecular weight is 320 g/mol. The van der Waals surface area contributed by atoms with Crippen molar-refractivity contribution >= 4 is 17.4 Å². The number of esters is 1. The second-order valence-corrected chi connectivity index (χ2v) is 6.51. The summed E-state index contributed by atoms with van der Waals surface area (Å²) in [6.07, 6.45) is 3.38. The first kappa shape index (κ1) is 16.2. The topological polar surface area (TPSA) is 29.3 Å². The molecule has 0 N–H and O–H groups in total. The predicted molar refractivity (Wildman–Crippen MR) is 95.7 cm³/mol. The van der Waals surface area contributed by atoms with Crippen molar-refractivity contribution in [2.45, 2.75) is 25.9 Å². The quantitative estimate of drug-likeness (QED) is 0.484. The summed E-state index contributed by atoms with van der Waals surface area (Å²) in [4.78, 5) is 12.0. The molecule has 24 heavy (non-hydrogen) atoms. The minimum Gasteiger partial charge on any atom is -0.458 e. The molecular weight excluding hydrogens is 298 g/mol. The SMILES string of the molecule is C[N+]1=C(/C=C/C(=O)OCc2ccccc2)C(C)(C)c2ccccc21. The summed E-state index contributed by atoms with van der Waals surface area (Å²) in [5.74, 6) is -0.327. The maximum absolute atomic E-state index is 12.0. The summed E-state index contributed by atoms with van der Waals surface area (Å²) in [6.45, 7) is 4.63. The molecule has 1 aliphatic heterocycles. The van der Waals surface area contributed by atoms with Gasteiger partial charge in [0, 0.05) is 23.8 Å². The number of hydrogen-bond acceptors (Lipinski definition) is 2. The van der Waals surface area contributed by atoms with Crippen LogP contribution >= 0.6 is 0 Å². The summed E-state index contributed by atoms with van der Waals surface area (Å²) >= 11 is 0. The van der Waals surface area contributed by atoms with E-state index in [1.807, 2.05) is 49.5 Å². The first-order chi connectivity index (χ1) is 11.5. The summed E-state index contributed by atoms with van der Waals surface area (Å²) < 4.78 is 7.45. The molecule has 0 aromatic heterocycles. The van der Waals surface area contributed by atoms with Gasteiger partial charge in [0.15, 0.2) is 5.71 Å². The minimum atomic E-state index is -0.327. The normalized spacial score (nSPS) is 15.6. The van der Waals surface area contributed by atoms with Gasteiger partial charge in [-0.15, -0.1) is 0 Å². The highest BCUT2D eigenvalue weighted by Crippen LogP contribution is 2.38. The maximum atomic E-state index is 12.0. The molecule has 0 amide bonds. The number of allylic oxidation sites excluding steroid dienone is 1. The van der Waals surface area contributed by atoms with Crippen molar-refractivity contribution in [1.82, 2.24) is 0 Å². The zero-order chi connectivity index (χ0) is 17.2. The molecule has 0 fully saturated rings. The van der Waals surface area contributed by atoms with Gasteiger partial charge < -0.3 is 4.74 Å². The summed E-state index contributed by atoms with van der Waals surface area (Å²) in [5, 5.41) is 0. The lowest BCUT2D eigenvalue weighted by molar-refractivity contribution is -0.401. The Bertz CT molecular complexity index is 817. The highest BCUT2D eigenvalue weighted by atomic mass is 16.5. The van der Waals surface area contributed by atoms with Crippen LogP contribution in [0.1, 0.15) is 25.0 Å². The lowest BCUT2D eigenvalue weighted by atomic mass is 9.81. The van der Waals surface area contributed by atoms with Gasteiger partial charge in [0.2, 0.25) is 5.69 Å². The molecule has 2 aromatic rings. The van der Waals surface area contributed by atoms with Gasteiger partial charge in [0.05, 0.1) is 5.41 Å². The maximum Gasteiger partial charge on any atom is 0.331 e. The zero-order valence-corrected chi connectivity index (χ0v) is 14.3. The standard InChI is InChI=1S/C21H22NO2/c1-21(2)17-11-7-8-12-18(17)22(3)19(21)13-14-20(23)24-15-16-9-5-4-6-10-16/h4-14H,15H2,1-3H3/q+1/b14-13+. The Morgan fingerprint density at radius 1 is 1.08 bits per heavy atom. The number of ether oxygens (including phenoxy) is 1. The number of para-hydroxylation sites is 1. The molecule has 3 rings (SSSR count). The molecule has 1 aliphatic rings. The highest BCUT2D eigenvalue weighted by Gasteiger charge is 2.42. The van der Waals surface area contributed by atoms with E-state index in [9.17, 15) is 4.79 Å². The number of fused-ring (bicyclic) bond motifs is 1. The molecule has 0 unspecified atom stereocenters. The largest absolute Gasteiger partial charge is 0.458 e. The van der Waals surface area contributed by atoms with E-state index in [0.29, 0.717) is 6.61 Å². The number of carbonyl (C=O) groups is 1. The van der Waals surface area contributed by atoms with Crippen molar-refractivity contribution in [2.24, 2.45) is 0 Å². The summed E-state index contributed by atoms with van der Waals surface area (Å²) in [6, 6.07) is 18.0. The molecule has 122 valence electrons. The molecule has 0 radical (unpaired) electrons. The fraction of sp³-hybridized carbons (Fsp3) is 0.238. The van der Waals surface area contributed by atoms with Crippen LogP contribution in [-0.4, -0.2) is 23.3 Å². The smallest absolute Gasteiger partial charge is 0.331 e. The van der Waals surface area contributed by atoms with E-state index in [1.54, 1.807) is 0 Å². The van der Waals surface area contributed by atoms with Crippen LogP contribution in [0.3, 0.4) is 0 Å². The van der Waals surface area contributed by atoms with E-state index in [1.165, 1.54) is 17.3 Å². The van der Waals surface area contributed by atoms with Crippen LogP contribution in [0, 0.1) is 0 Å². The van der Waals surface area contributed by atoms with E-state index >= 15 is 0 Å². The van der Waals surface area contributed by atoms with Crippen LogP contribution in [0.2, 0.25) is 0 Å². The third-order valence-corrected chi connectivity index (χ3v) is 4.54. The molecular formula is C21H22NO2+. The van der Waals surface area contributed by atoms with Crippen LogP contribution in [0.5, 0.6) is 0 Å². The summed E-state index contributed by atoms with van der Waals surface area (Å²) in [7, 11) is 2.03. The van der Waals surface area contributed by atoms with Crippen molar-refractivity contribution in [3.8, 4) is 0 Å². The van der Waals surface area contributed by atoms with Crippen molar-refractivity contribution in [1.29, 1.82) is 0 Å². The minimum absolute atomic E-state index is 0.137. The monoisotopic (exact) mass is 320 g/mol. The van der Waals surface area contributed by atoms with Gasteiger partial charge in [-0.3, -0.25) is 0 Å². The van der Waals surface area contributed by atoms with Gasteiger partial charge in [-0.1, -0.05) is 48.5 Å². The molecule has 2 aromatic carbocycles. The second-order valence-electron chi connectivity index (χ2n) is 6.51.